The van der Waals surface area contributed by atoms with E-state index in [1.165, 1.54) is 7.11 Å². The van der Waals surface area contributed by atoms with Crippen LogP contribution in [-0.2, 0) is 25.5 Å². The van der Waals surface area contributed by atoms with E-state index in [1.54, 1.807) is 9.80 Å². The number of fused-ring (bicyclic) bond motifs is 1. The number of carboxylic acids is 2. The van der Waals surface area contributed by atoms with Gasteiger partial charge in [0.25, 0.3) is 0 Å². The number of amides is 2. The Labute approximate surface area is 198 Å². The molecule has 4 N–H and O–H groups in total. The highest BCUT2D eigenvalue weighted by molar-refractivity contribution is 5.89. The van der Waals surface area contributed by atoms with Crippen LogP contribution in [0.15, 0.2) is 24.3 Å². The fraction of sp³-hybridized carbons (Fsp3) is 0.455. The van der Waals surface area contributed by atoms with Crippen molar-refractivity contribution in [3.05, 3.63) is 47.3 Å². The van der Waals surface area contributed by atoms with E-state index < -0.39 is 41.5 Å². The second-order valence-electron chi connectivity index (χ2n) is 8.11. The summed E-state index contributed by atoms with van der Waals surface area (Å²) in [5.41, 5.74) is 5.89. The lowest BCUT2D eigenvalue weighted by Gasteiger charge is -2.26. The number of nitrogens with two attached hydrogens (primary N) is 1. The van der Waals surface area contributed by atoms with Gasteiger partial charge >= 0.3 is 18.0 Å². The fourth-order valence-electron chi connectivity index (χ4n) is 4.11. The van der Waals surface area contributed by atoms with Gasteiger partial charge in [-0.05, 0) is 24.5 Å². The first kappa shape index (κ1) is 27.6. The molecule has 2 heterocycles. The van der Waals surface area contributed by atoms with Crippen LogP contribution in [0.25, 0.3) is 0 Å². The predicted molar refractivity (Wildman–Crippen MR) is 115 cm³/mol. The van der Waals surface area contributed by atoms with Crippen LogP contribution in [0.3, 0.4) is 0 Å². The number of aliphatic carboxylic acids is 2. The predicted octanol–water partition coefficient (Wildman–Crippen LogP) is 1.37. The number of carbonyl (C=O) groups is 4. The second-order valence-corrected chi connectivity index (χ2v) is 8.11. The Kier molecular flexibility index (Phi) is 9.63. The van der Waals surface area contributed by atoms with Crippen LogP contribution in [0, 0.1) is 23.4 Å². The van der Waals surface area contributed by atoms with Crippen molar-refractivity contribution in [2.75, 3.05) is 26.7 Å². The zero-order valence-corrected chi connectivity index (χ0v) is 18.8. The van der Waals surface area contributed by atoms with Crippen molar-refractivity contribution in [2.45, 2.75) is 31.3 Å². The van der Waals surface area contributed by atoms with Crippen LogP contribution < -0.4 is 5.73 Å². The van der Waals surface area contributed by atoms with E-state index in [-0.39, 0.29) is 36.3 Å². The average Bonchev–Trinajstić information content (AvgIpc) is 3.37. The largest absolute Gasteiger partial charge is 0.478 e. The molecule has 0 radical (unpaired) electrons. The zero-order chi connectivity index (χ0) is 26.3. The normalized spacial score (nSPS) is 19.7. The van der Waals surface area contributed by atoms with Gasteiger partial charge < -0.3 is 30.5 Å². The molecule has 0 saturated carbocycles. The molecule has 2 saturated heterocycles. The molecule has 1 aromatic rings. The first-order valence-corrected chi connectivity index (χ1v) is 10.6. The first-order chi connectivity index (χ1) is 16.4. The highest BCUT2D eigenvalue weighted by atomic mass is 19.2. The summed E-state index contributed by atoms with van der Waals surface area (Å²) in [6, 6.07) is 0.439. The van der Waals surface area contributed by atoms with Crippen molar-refractivity contribution in [3.8, 4) is 0 Å². The number of likely N-dealkylation sites (tertiary alicyclic amines) is 2. The van der Waals surface area contributed by atoms with Gasteiger partial charge in [-0.2, -0.15) is 0 Å². The van der Waals surface area contributed by atoms with Crippen molar-refractivity contribution >= 4 is 23.9 Å². The quantitative estimate of drug-likeness (QED) is 0.391. The summed E-state index contributed by atoms with van der Waals surface area (Å²) < 4.78 is 44.8. The van der Waals surface area contributed by atoms with Crippen LogP contribution in [0.1, 0.15) is 18.4 Å². The maximum Gasteiger partial charge on any atom is 0.409 e. The van der Waals surface area contributed by atoms with Crippen LogP contribution in [0.5, 0.6) is 0 Å². The van der Waals surface area contributed by atoms with Crippen molar-refractivity contribution in [1.29, 1.82) is 0 Å². The van der Waals surface area contributed by atoms with Gasteiger partial charge in [0.1, 0.15) is 5.82 Å². The number of carbonyl (C=O) groups excluding carboxylic acids is 2. The van der Waals surface area contributed by atoms with Gasteiger partial charge in [0.2, 0.25) is 5.91 Å². The van der Waals surface area contributed by atoms with Crippen LogP contribution in [0.4, 0.5) is 18.0 Å². The Balaban J connectivity index is 0.000000466. The second kappa shape index (κ2) is 12.2. The lowest BCUT2D eigenvalue weighted by atomic mass is 10.0. The summed E-state index contributed by atoms with van der Waals surface area (Å²) in [5, 5.41) is 15.6. The van der Waals surface area contributed by atoms with Gasteiger partial charge in [-0.15, -0.1) is 0 Å². The van der Waals surface area contributed by atoms with Gasteiger partial charge in [-0.1, -0.05) is 0 Å². The van der Waals surface area contributed by atoms with Crippen LogP contribution in [-0.4, -0.2) is 82.8 Å². The number of halogens is 3. The Morgan fingerprint density at radius 2 is 1.69 bits per heavy atom. The maximum atomic E-state index is 13.8. The van der Waals surface area contributed by atoms with Gasteiger partial charge in [0, 0.05) is 56.2 Å². The monoisotopic (exact) mass is 501 g/mol. The molecule has 10 nitrogen and oxygen atoms in total. The molecule has 0 bridgehead atoms. The molecule has 2 amide bonds. The van der Waals surface area contributed by atoms with Crippen molar-refractivity contribution in [1.82, 2.24) is 9.80 Å². The van der Waals surface area contributed by atoms with Crippen molar-refractivity contribution < 1.29 is 47.3 Å². The molecule has 2 aliphatic heterocycles. The third kappa shape index (κ3) is 7.70. The Morgan fingerprint density at radius 3 is 2.26 bits per heavy atom. The summed E-state index contributed by atoms with van der Waals surface area (Å²) in [6.07, 6.45) is 1.37. The van der Waals surface area contributed by atoms with Gasteiger partial charge in [-0.3, -0.25) is 4.79 Å². The molecular weight excluding hydrogens is 475 g/mol. The topological polar surface area (TPSA) is 150 Å². The number of nitrogens with zero attached hydrogens (tertiary/aromatic N) is 2. The van der Waals surface area contributed by atoms with Crippen molar-refractivity contribution in [3.63, 3.8) is 0 Å². The average molecular weight is 501 g/mol. The number of methoxy groups -OCH3 is 1. The number of carboxylic acid groups (broad SMARTS) is 2. The number of benzene rings is 1. The molecule has 35 heavy (non-hydrogen) atoms. The fourth-order valence-corrected chi connectivity index (χ4v) is 4.11. The number of ether oxygens (including phenoxy) is 1. The minimum absolute atomic E-state index is 0.0418. The standard InChI is InChI=1S/C18H22F3N3O3.C4H4O4/c1-27-18(26)23-8-10-2-3-24(16(10)9-23)17(25)6-12(22)4-11-5-14(20)15(21)7-13(11)19;5-3(6)1-2-4(7)8/h5,7,10,12,16H,2-4,6,8-9,22H2,1H3;1-2H,(H,5,6)(H,7,8)/t10-,12?,16+;/m0./s1. The maximum absolute atomic E-state index is 13.8. The molecule has 0 spiro atoms. The molecule has 1 aromatic carbocycles. The molecule has 0 aliphatic carbocycles. The third-order valence-corrected chi connectivity index (χ3v) is 5.68. The Hall–Kier alpha value is -3.61. The van der Waals surface area contributed by atoms with E-state index in [9.17, 15) is 32.3 Å². The van der Waals surface area contributed by atoms with E-state index in [4.69, 9.17) is 20.7 Å². The molecular formula is C22H26F3N3O7. The minimum atomic E-state index is -1.26. The molecule has 192 valence electrons. The highest BCUT2D eigenvalue weighted by Gasteiger charge is 2.45. The molecule has 2 fully saturated rings. The molecule has 1 unspecified atom stereocenters. The summed E-state index contributed by atoms with van der Waals surface area (Å²) in [7, 11) is 1.32. The smallest absolute Gasteiger partial charge is 0.409 e. The number of rotatable bonds is 6. The third-order valence-electron chi connectivity index (χ3n) is 5.68. The highest BCUT2D eigenvalue weighted by Crippen LogP contribution is 2.32. The molecule has 3 rings (SSSR count). The van der Waals surface area contributed by atoms with Crippen molar-refractivity contribution in [2.24, 2.45) is 11.7 Å². The van der Waals surface area contributed by atoms with Gasteiger partial charge in [0.15, 0.2) is 11.6 Å². The first-order valence-electron chi connectivity index (χ1n) is 10.6. The van der Waals surface area contributed by atoms with Gasteiger partial charge in [-0.25, -0.2) is 27.6 Å². The van der Waals surface area contributed by atoms with E-state index in [0.717, 1.165) is 12.5 Å². The summed E-state index contributed by atoms with van der Waals surface area (Å²) in [6.45, 7) is 1.54. The van der Waals surface area contributed by atoms with E-state index in [1.807, 2.05) is 0 Å². The van der Waals surface area contributed by atoms with Gasteiger partial charge in [0.05, 0.1) is 13.2 Å². The minimum Gasteiger partial charge on any atom is -0.478 e. The number of hydrogen-bond donors (Lipinski definition) is 3. The summed E-state index contributed by atoms with van der Waals surface area (Å²) in [5.74, 6) is -5.80. The lowest BCUT2D eigenvalue weighted by molar-refractivity contribution is -0.134. The molecule has 13 heteroatoms. The summed E-state index contributed by atoms with van der Waals surface area (Å²) in [4.78, 5) is 46.7. The Morgan fingerprint density at radius 1 is 1.09 bits per heavy atom. The SMILES string of the molecule is COC(=O)N1C[C@@H]2CCN(C(=O)CC(N)Cc3cc(F)c(F)cc3F)[C@@H]2C1.O=C(O)C=CC(=O)O. The molecule has 2 aliphatic rings. The van der Waals surface area contributed by atoms with E-state index in [2.05, 4.69) is 0 Å². The van der Waals surface area contributed by atoms with Crippen LogP contribution >= 0.6 is 0 Å². The molecule has 3 atom stereocenters. The van der Waals surface area contributed by atoms with E-state index in [0.29, 0.717) is 37.9 Å². The van der Waals surface area contributed by atoms with Crippen LogP contribution in [0.2, 0.25) is 0 Å². The number of hydrogen-bond acceptors (Lipinski definition) is 6. The zero-order valence-electron chi connectivity index (χ0n) is 18.8. The lowest BCUT2D eigenvalue weighted by Crippen LogP contribution is -2.43. The Bertz CT molecular complexity index is 989. The summed E-state index contributed by atoms with van der Waals surface area (Å²) >= 11 is 0. The van der Waals surface area contributed by atoms with E-state index >= 15 is 0 Å². The molecule has 0 aromatic heterocycles.